The van der Waals surface area contributed by atoms with Crippen molar-refractivity contribution < 1.29 is 19.2 Å². The van der Waals surface area contributed by atoms with Crippen molar-refractivity contribution in [1.29, 1.82) is 0 Å². The zero-order valence-corrected chi connectivity index (χ0v) is 5.83. The summed E-state index contributed by atoms with van der Waals surface area (Å²) in [5.41, 5.74) is 0. The first-order chi connectivity index (χ1) is 4.13. The van der Waals surface area contributed by atoms with Gasteiger partial charge in [-0.1, -0.05) is 0 Å². The molecule has 0 saturated carbocycles. The van der Waals surface area contributed by atoms with Crippen LogP contribution in [-0.4, -0.2) is 24.8 Å². The maximum absolute atomic E-state index is 9.97. The number of carboxylic acids is 1. The van der Waals surface area contributed by atoms with Gasteiger partial charge in [-0.25, -0.2) is 0 Å². The van der Waals surface area contributed by atoms with E-state index in [2.05, 4.69) is 0 Å². The first-order valence-electron chi connectivity index (χ1n) is 2.56. The van der Waals surface area contributed by atoms with E-state index in [4.69, 9.17) is 9.90 Å². The molecule has 2 N–H and O–H groups in total. The van der Waals surface area contributed by atoms with Gasteiger partial charge in [0.2, 0.25) is 0 Å². The van der Waals surface area contributed by atoms with Gasteiger partial charge in [-0.2, -0.15) is 0 Å². The van der Waals surface area contributed by atoms with E-state index in [-0.39, 0.29) is 12.5 Å². The molecule has 0 fully saturated rings. The molecule has 0 atom stereocenters. The largest absolute Gasteiger partial charge is 0.540 e. The standard InChI is InChI=1S/C4H8O4Si/c5-4(6)2-1-3-9(7)8/h7H,1-3H2,(H,5,6). The highest BCUT2D eigenvalue weighted by Crippen LogP contribution is 1.94. The lowest BCUT2D eigenvalue weighted by atomic mass is 10.3. The minimum atomic E-state index is -2.44. The molecule has 0 saturated heterocycles. The molecule has 4 nitrogen and oxygen atoms in total. The monoisotopic (exact) mass is 148 g/mol. The Kier molecular flexibility index (Phi) is 3.86. The molecule has 0 spiro atoms. The summed E-state index contributed by atoms with van der Waals surface area (Å²) in [6, 6.07) is 0.122. The Morgan fingerprint density at radius 2 is 2.11 bits per heavy atom. The predicted octanol–water partition coefficient (Wildman–Crippen LogP) is -0.238. The number of hydrogen-bond acceptors (Lipinski definition) is 2. The molecular weight excluding hydrogens is 140 g/mol. The van der Waals surface area contributed by atoms with Crippen molar-refractivity contribution in [3.8, 4) is 0 Å². The fraction of sp³-hybridized carbons (Fsp3) is 0.750. The van der Waals surface area contributed by atoms with Gasteiger partial charge in [-0.3, -0.25) is 4.79 Å². The van der Waals surface area contributed by atoms with E-state index < -0.39 is 14.9 Å². The van der Waals surface area contributed by atoms with Crippen LogP contribution in [0.5, 0.6) is 0 Å². The molecule has 0 heterocycles. The molecule has 0 aromatic rings. The van der Waals surface area contributed by atoms with Crippen LogP contribution in [0.25, 0.3) is 0 Å². The van der Waals surface area contributed by atoms with E-state index in [1.165, 1.54) is 0 Å². The summed E-state index contributed by atoms with van der Waals surface area (Å²) in [6.45, 7) is 0. The van der Waals surface area contributed by atoms with Crippen molar-refractivity contribution in [3.63, 3.8) is 0 Å². The second kappa shape index (κ2) is 4.19. The van der Waals surface area contributed by atoms with Gasteiger partial charge < -0.3 is 14.4 Å². The van der Waals surface area contributed by atoms with Crippen molar-refractivity contribution in [2.75, 3.05) is 0 Å². The summed E-state index contributed by atoms with van der Waals surface area (Å²) in [6.07, 6.45) is 0.278. The van der Waals surface area contributed by atoms with E-state index in [1.807, 2.05) is 0 Å². The van der Waals surface area contributed by atoms with Crippen LogP contribution in [0.4, 0.5) is 0 Å². The van der Waals surface area contributed by atoms with Crippen LogP contribution < -0.4 is 0 Å². The maximum atomic E-state index is 9.97. The van der Waals surface area contributed by atoms with Crippen LogP contribution in [0.3, 0.4) is 0 Å². The minimum absolute atomic E-state index is 0.0169. The zero-order valence-electron chi connectivity index (χ0n) is 4.83. The lowest BCUT2D eigenvalue weighted by Gasteiger charge is -1.87. The van der Waals surface area contributed by atoms with Gasteiger partial charge >= 0.3 is 14.9 Å². The zero-order chi connectivity index (χ0) is 7.28. The van der Waals surface area contributed by atoms with Crippen molar-refractivity contribution >= 4 is 14.9 Å². The first-order valence-corrected chi connectivity index (χ1v) is 4.13. The molecule has 0 aromatic carbocycles. The number of hydrogen-bond donors (Lipinski definition) is 2. The highest BCUT2D eigenvalue weighted by atomic mass is 28.3. The summed E-state index contributed by atoms with van der Waals surface area (Å²) in [4.78, 5) is 18.0. The van der Waals surface area contributed by atoms with Crippen LogP contribution in [0.1, 0.15) is 12.8 Å². The third-order valence-corrected chi connectivity index (χ3v) is 1.56. The number of aliphatic carboxylic acids is 1. The van der Waals surface area contributed by atoms with Crippen molar-refractivity contribution in [1.82, 2.24) is 0 Å². The van der Waals surface area contributed by atoms with E-state index >= 15 is 0 Å². The molecule has 0 radical (unpaired) electrons. The Labute approximate surface area is 53.9 Å². The van der Waals surface area contributed by atoms with E-state index in [0.717, 1.165) is 0 Å². The second-order valence-electron chi connectivity index (χ2n) is 1.64. The summed E-state index contributed by atoms with van der Waals surface area (Å²) < 4.78 is 9.97. The minimum Gasteiger partial charge on any atom is -0.540 e. The number of rotatable bonds is 4. The summed E-state index contributed by atoms with van der Waals surface area (Å²) >= 11 is 0. The Morgan fingerprint density at radius 1 is 1.56 bits per heavy atom. The molecule has 0 aliphatic carbocycles. The predicted molar refractivity (Wildman–Crippen MR) is 30.3 cm³/mol. The number of carboxylic acid groups (broad SMARTS) is 1. The van der Waals surface area contributed by atoms with Crippen LogP contribution in [0.2, 0.25) is 6.04 Å². The maximum Gasteiger partial charge on any atom is 0.499 e. The lowest BCUT2D eigenvalue weighted by molar-refractivity contribution is -0.137. The Morgan fingerprint density at radius 3 is 2.44 bits per heavy atom. The molecule has 52 valence electrons. The molecule has 0 bridgehead atoms. The smallest absolute Gasteiger partial charge is 0.499 e. The molecule has 0 aliphatic heterocycles. The fourth-order valence-corrected chi connectivity index (χ4v) is 0.870. The van der Waals surface area contributed by atoms with Gasteiger partial charge in [0.25, 0.3) is 0 Å². The summed E-state index contributed by atoms with van der Waals surface area (Å²) in [7, 11) is -2.44. The Balaban J connectivity index is 3.10. The van der Waals surface area contributed by atoms with Crippen LogP contribution in [-0.2, 0) is 9.26 Å². The number of carbonyl (C=O) groups is 1. The van der Waals surface area contributed by atoms with Crippen molar-refractivity contribution in [2.24, 2.45) is 0 Å². The summed E-state index contributed by atoms with van der Waals surface area (Å²) in [5, 5.41) is 8.05. The van der Waals surface area contributed by atoms with Crippen molar-refractivity contribution in [2.45, 2.75) is 18.9 Å². The summed E-state index contributed by atoms with van der Waals surface area (Å²) in [5.74, 6) is -0.918. The van der Waals surface area contributed by atoms with Gasteiger partial charge in [0.15, 0.2) is 0 Å². The topological polar surface area (TPSA) is 74.6 Å². The fourth-order valence-electron chi connectivity index (χ4n) is 0.391. The highest BCUT2D eigenvalue weighted by molar-refractivity contribution is 6.32. The quantitative estimate of drug-likeness (QED) is 0.540. The van der Waals surface area contributed by atoms with E-state index in [0.29, 0.717) is 6.42 Å². The molecule has 0 amide bonds. The molecule has 0 aliphatic rings. The molecule has 9 heavy (non-hydrogen) atoms. The highest BCUT2D eigenvalue weighted by Gasteiger charge is 2.02. The molecule has 0 unspecified atom stereocenters. The van der Waals surface area contributed by atoms with Crippen molar-refractivity contribution in [3.05, 3.63) is 0 Å². The molecule has 0 rings (SSSR count). The first kappa shape index (κ1) is 8.29. The molecule has 0 aromatic heterocycles. The molecule has 5 heteroatoms. The molecular formula is C4H8O4Si. The average molecular weight is 148 g/mol. The van der Waals surface area contributed by atoms with Gasteiger partial charge in [0.1, 0.15) is 0 Å². The van der Waals surface area contributed by atoms with Crippen LogP contribution >= 0.6 is 0 Å². The average Bonchev–Trinajstić information content (AvgIpc) is 1.63. The second-order valence-corrected chi connectivity index (χ2v) is 2.93. The van der Waals surface area contributed by atoms with Gasteiger partial charge in [-0.05, 0) is 6.42 Å². The van der Waals surface area contributed by atoms with Crippen LogP contribution in [0.15, 0.2) is 0 Å². The Bertz CT molecular complexity index is 108. The third-order valence-electron chi connectivity index (χ3n) is 0.781. The van der Waals surface area contributed by atoms with Gasteiger partial charge in [0.05, 0.1) is 0 Å². The normalized spacial score (nSPS) is 8.89. The van der Waals surface area contributed by atoms with Crippen LogP contribution in [0, 0.1) is 0 Å². The van der Waals surface area contributed by atoms with Gasteiger partial charge in [-0.15, -0.1) is 0 Å². The lowest BCUT2D eigenvalue weighted by Crippen LogP contribution is -1.99. The third kappa shape index (κ3) is 7.29. The Hall–Kier alpha value is -0.713. The SMILES string of the molecule is O=C(O)CCC[Si](=O)O. The van der Waals surface area contributed by atoms with Gasteiger partial charge in [0, 0.05) is 12.5 Å². The van der Waals surface area contributed by atoms with E-state index in [9.17, 15) is 9.26 Å². The van der Waals surface area contributed by atoms with E-state index in [1.54, 1.807) is 0 Å².